The number of phosphoric ester groups is 2. The zero-order valence-corrected chi connectivity index (χ0v) is 21.6. The smallest absolute Gasteiger partial charge is 0.390 e. The number of aryl methyl sites for hydroxylation is 1. The first-order valence-corrected chi connectivity index (χ1v) is 14.1. The molecule has 1 aromatic heterocycles. The number of nitrogens with one attached hydrogen (secondary N) is 2. The molecule has 18 heteroatoms. The lowest BCUT2D eigenvalue weighted by molar-refractivity contribution is -0.163. The Labute approximate surface area is 205 Å². The van der Waals surface area contributed by atoms with Crippen LogP contribution in [0.25, 0.3) is 0 Å². The SMILES string of the molecule is CCN[C@H]1CO[C@H](OP(=O)(O)OP(=O)(O)OC[C@H]2O[C@@H](n3cc(C)c(=O)[nH]c3=O)C[C@@H]2O)C[C@@H]1OC. The molecule has 2 saturated heterocycles. The van der Waals surface area contributed by atoms with Gasteiger partial charge in [-0.05, 0) is 13.5 Å². The van der Waals surface area contributed by atoms with E-state index in [1.54, 1.807) is 0 Å². The largest absolute Gasteiger partial charge is 0.483 e. The number of H-pyrrole nitrogens is 1. The van der Waals surface area contributed by atoms with Gasteiger partial charge in [-0.25, -0.2) is 13.9 Å². The van der Waals surface area contributed by atoms with Gasteiger partial charge in [0.2, 0.25) is 0 Å². The highest BCUT2D eigenvalue weighted by molar-refractivity contribution is 7.61. The van der Waals surface area contributed by atoms with E-state index in [0.29, 0.717) is 6.54 Å². The monoisotopic (exact) mass is 559 g/mol. The first kappa shape index (κ1) is 29.3. The molecule has 3 rings (SSSR count). The predicted octanol–water partition coefficient (Wildman–Crippen LogP) is -0.516. The van der Waals surface area contributed by atoms with E-state index in [4.69, 9.17) is 23.3 Å². The second kappa shape index (κ2) is 12.1. The Balaban J connectivity index is 1.54. The molecule has 5 N–H and O–H groups in total. The number of hydrogen-bond donors (Lipinski definition) is 5. The average molecular weight is 559 g/mol. The highest BCUT2D eigenvalue weighted by Gasteiger charge is 2.43. The van der Waals surface area contributed by atoms with E-state index in [2.05, 4.69) is 14.6 Å². The third-order valence-corrected chi connectivity index (χ3v) is 8.25. The quantitative estimate of drug-likeness (QED) is 0.216. The molecule has 16 nitrogen and oxygen atoms in total. The van der Waals surface area contributed by atoms with E-state index in [9.17, 15) is 33.6 Å². The molecule has 0 radical (unpaired) electrons. The number of rotatable bonds is 11. The van der Waals surface area contributed by atoms with Gasteiger partial charge in [-0.1, -0.05) is 6.92 Å². The molecule has 0 aromatic carbocycles. The van der Waals surface area contributed by atoms with Crippen LogP contribution in [0.1, 0.15) is 31.6 Å². The van der Waals surface area contributed by atoms with Crippen molar-refractivity contribution < 1.29 is 51.6 Å². The van der Waals surface area contributed by atoms with E-state index >= 15 is 0 Å². The molecule has 1 aromatic rings. The highest BCUT2D eigenvalue weighted by Crippen LogP contribution is 2.61. The predicted molar refractivity (Wildman–Crippen MR) is 121 cm³/mol. The van der Waals surface area contributed by atoms with Gasteiger partial charge in [-0.15, -0.1) is 0 Å². The van der Waals surface area contributed by atoms with Crippen molar-refractivity contribution in [1.82, 2.24) is 14.9 Å². The van der Waals surface area contributed by atoms with Crippen molar-refractivity contribution in [2.75, 3.05) is 26.9 Å². The Hall–Kier alpha value is -1.26. The van der Waals surface area contributed by atoms with Crippen molar-refractivity contribution in [2.24, 2.45) is 0 Å². The van der Waals surface area contributed by atoms with Crippen LogP contribution in [0.5, 0.6) is 0 Å². The van der Waals surface area contributed by atoms with Gasteiger partial charge in [-0.3, -0.25) is 23.4 Å². The van der Waals surface area contributed by atoms with Gasteiger partial charge in [0.05, 0.1) is 31.5 Å². The molecular weight excluding hydrogens is 528 g/mol. The highest BCUT2D eigenvalue weighted by atomic mass is 31.3. The van der Waals surface area contributed by atoms with E-state index in [1.165, 1.54) is 20.2 Å². The van der Waals surface area contributed by atoms with Gasteiger partial charge in [0.15, 0.2) is 6.29 Å². The number of methoxy groups -OCH3 is 1. The summed E-state index contributed by atoms with van der Waals surface area (Å²) in [6.07, 6.45) is -3.86. The zero-order valence-electron chi connectivity index (χ0n) is 19.8. The molecule has 206 valence electrons. The second-order valence-electron chi connectivity index (χ2n) is 8.27. The van der Waals surface area contributed by atoms with Gasteiger partial charge in [0.1, 0.15) is 12.3 Å². The van der Waals surface area contributed by atoms with Crippen LogP contribution in [0.3, 0.4) is 0 Å². The van der Waals surface area contributed by atoms with Crippen molar-refractivity contribution in [2.45, 2.75) is 63.6 Å². The van der Waals surface area contributed by atoms with Gasteiger partial charge >= 0.3 is 21.3 Å². The van der Waals surface area contributed by atoms with E-state index in [1.807, 2.05) is 6.92 Å². The molecular formula is C18H31N3O13P2. The van der Waals surface area contributed by atoms with Crippen molar-refractivity contribution in [3.63, 3.8) is 0 Å². The molecule has 8 atom stereocenters. The fraction of sp³-hybridized carbons (Fsp3) is 0.778. The topological polar surface area (TPSA) is 217 Å². The summed E-state index contributed by atoms with van der Waals surface area (Å²) in [7, 11) is -8.84. The molecule has 2 fully saturated rings. The minimum Gasteiger partial charge on any atom is -0.390 e. The van der Waals surface area contributed by atoms with Crippen molar-refractivity contribution in [3.05, 3.63) is 32.6 Å². The van der Waals surface area contributed by atoms with Crippen molar-refractivity contribution in [1.29, 1.82) is 0 Å². The Bertz CT molecular complexity index is 1110. The fourth-order valence-electron chi connectivity index (χ4n) is 3.85. The Morgan fingerprint density at radius 1 is 1.25 bits per heavy atom. The first-order valence-electron chi connectivity index (χ1n) is 11.1. The average Bonchev–Trinajstić information content (AvgIpc) is 3.15. The summed E-state index contributed by atoms with van der Waals surface area (Å²) < 4.78 is 55.8. The van der Waals surface area contributed by atoms with Crippen LogP contribution in [0, 0.1) is 6.92 Å². The second-order valence-corrected chi connectivity index (χ2v) is 11.3. The van der Waals surface area contributed by atoms with Crippen LogP contribution in [0.4, 0.5) is 0 Å². The third kappa shape index (κ3) is 7.63. The molecule has 2 aliphatic heterocycles. The first-order chi connectivity index (χ1) is 16.8. The molecule has 0 aliphatic carbocycles. The normalized spacial score (nSPS) is 32.2. The summed E-state index contributed by atoms with van der Waals surface area (Å²) in [6, 6.07) is -0.177. The molecule has 0 bridgehead atoms. The summed E-state index contributed by atoms with van der Waals surface area (Å²) in [5.41, 5.74) is -1.11. The number of aliphatic hydroxyl groups is 1. The lowest BCUT2D eigenvalue weighted by Gasteiger charge is -2.35. The number of ether oxygens (including phenoxy) is 3. The maximum absolute atomic E-state index is 12.3. The third-order valence-electron chi connectivity index (χ3n) is 5.62. The summed E-state index contributed by atoms with van der Waals surface area (Å²) in [5.74, 6) is 0. The molecule has 36 heavy (non-hydrogen) atoms. The van der Waals surface area contributed by atoms with Crippen LogP contribution in [-0.4, -0.2) is 82.0 Å². The molecule has 0 saturated carbocycles. The summed E-state index contributed by atoms with van der Waals surface area (Å²) in [5, 5.41) is 13.4. The van der Waals surface area contributed by atoms with E-state index in [0.717, 1.165) is 4.57 Å². The molecule has 0 spiro atoms. The Morgan fingerprint density at radius 2 is 1.97 bits per heavy atom. The number of hydrogen-bond acceptors (Lipinski definition) is 12. The maximum Gasteiger partial charge on any atom is 0.483 e. The van der Waals surface area contributed by atoms with Crippen molar-refractivity contribution >= 4 is 15.6 Å². The summed E-state index contributed by atoms with van der Waals surface area (Å²) in [4.78, 5) is 45.6. The molecule has 2 aliphatic rings. The van der Waals surface area contributed by atoms with Crippen LogP contribution in [-0.2, 0) is 36.7 Å². The number of likely N-dealkylation sites (N-methyl/N-ethyl adjacent to an activating group) is 1. The van der Waals surface area contributed by atoms with Crippen LogP contribution in [0.2, 0.25) is 0 Å². The molecule has 2 unspecified atom stereocenters. The minimum absolute atomic E-state index is 0.0474. The Morgan fingerprint density at radius 3 is 2.64 bits per heavy atom. The summed E-state index contributed by atoms with van der Waals surface area (Å²) >= 11 is 0. The number of aliphatic hydroxyl groups excluding tert-OH is 1. The Kier molecular flexibility index (Phi) is 9.82. The zero-order chi connectivity index (χ0) is 26.7. The number of aromatic amines is 1. The van der Waals surface area contributed by atoms with Gasteiger partial charge in [-0.2, -0.15) is 4.31 Å². The molecule has 3 heterocycles. The van der Waals surface area contributed by atoms with Crippen molar-refractivity contribution in [3.8, 4) is 0 Å². The number of nitrogens with zero attached hydrogens (tertiary/aromatic N) is 1. The fourth-order valence-corrected chi connectivity index (χ4v) is 6.02. The number of aromatic nitrogens is 2. The lowest BCUT2D eigenvalue weighted by Crippen LogP contribution is -2.50. The standard InChI is InChI=1S/C18H31N3O13P2/c1-4-19-11-8-30-16(6-13(11)29-3)33-36(27,28)34-35(25,26)31-9-14-12(22)5-15(32-14)21-7-10(2)17(23)20-18(21)24/h7,11-16,19,22H,4-6,8-9H2,1-3H3,(H,25,26)(H,27,28)(H,20,23,24)/t11-,12-,13-,14+,15+,16+/m0/s1. The summed E-state index contributed by atoms with van der Waals surface area (Å²) in [6.45, 7) is 3.39. The number of phosphoric acid groups is 2. The van der Waals surface area contributed by atoms with Gasteiger partial charge in [0.25, 0.3) is 5.56 Å². The lowest BCUT2D eigenvalue weighted by atomic mass is 10.1. The van der Waals surface area contributed by atoms with Gasteiger partial charge in [0, 0.05) is 31.7 Å². The minimum atomic E-state index is -5.17. The maximum atomic E-state index is 12.3. The van der Waals surface area contributed by atoms with Gasteiger partial charge < -0.3 is 34.4 Å². The van der Waals surface area contributed by atoms with E-state index < -0.39 is 64.3 Å². The van der Waals surface area contributed by atoms with Crippen LogP contribution in [0.15, 0.2) is 15.8 Å². The van der Waals surface area contributed by atoms with E-state index in [-0.39, 0.29) is 31.1 Å². The molecule has 0 amide bonds. The van der Waals surface area contributed by atoms with Crippen LogP contribution >= 0.6 is 15.6 Å². The van der Waals surface area contributed by atoms with Crippen LogP contribution < -0.4 is 16.6 Å².